The first-order valence-corrected chi connectivity index (χ1v) is 9.54. The predicted octanol–water partition coefficient (Wildman–Crippen LogP) is 4.94. The molecule has 1 atom stereocenters. The first kappa shape index (κ1) is 18.6. The lowest BCUT2D eigenvalue weighted by atomic mass is 10.1. The molecule has 0 aliphatic carbocycles. The average Bonchev–Trinajstić information content (AvgIpc) is 2.86. The molecular weight excluding hydrogens is 350 g/mol. The van der Waals surface area contributed by atoms with Gasteiger partial charge in [0.1, 0.15) is 23.2 Å². The van der Waals surface area contributed by atoms with Crippen LogP contribution in [0, 0.1) is 0 Å². The number of methoxy groups -OCH3 is 1. The summed E-state index contributed by atoms with van der Waals surface area (Å²) >= 11 is 1.60. The molecule has 5 nitrogen and oxygen atoms in total. The molecule has 3 rings (SSSR count). The smallest absolute Gasteiger partial charge is 0.410 e. The second-order valence-electron chi connectivity index (χ2n) is 7.42. The standard InChI is InChI=1S/C20H25NO4S/c1-13-10-21(19(22)25-20(2,3)4)11-17-18(24-13)16(12-26-17)14-7-6-8-15(9-14)23-5/h6-9,12-13H,10-11H2,1-5H3. The van der Waals surface area contributed by atoms with E-state index < -0.39 is 5.60 Å². The summed E-state index contributed by atoms with van der Waals surface area (Å²) < 4.78 is 17.1. The van der Waals surface area contributed by atoms with Crippen molar-refractivity contribution >= 4 is 17.4 Å². The van der Waals surface area contributed by atoms with Crippen LogP contribution in [0.5, 0.6) is 11.5 Å². The molecule has 0 bridgehead atoms. The zero-order valence-corrected chi connectivity index (χ0v) is 16.7. The summed E-state index contributed by atoms with van der Waals surface area (Å²) in [5, 5.41) is 2.07. The van der Waals surface area contributed by atoms with E-state index in [1.54, 1.807) is 23.3 Å². The van der Waals surface area contributed by atoms with Crippen LogP contribution in [0.3, 0.4) is 0 Å². The summed E-state index contributed by atoms with van der Waals surface area (Å²) in [6.45, 7) is 8.58. The number of carbonyl (C=O) groups excluding carboxylic acids is 1. The van der Waals surface area contributed by atoms with E-state index >= 15 is 0 Å². The van der Waals surface area contributed by atoms with Crippen molar-refractivity contribution in [2.24, 2.45) is 0 Å². The lowest BCUT2D eigenvalue weighted by Gasteiger charge is -2.27. The Morgan fingerprint density at radius 2 is 2.12 bits per heavy atom. The quantitative estimate of drug-likeness (QED) is 0.746. The van der Waals surface area contributed by atoms with Crippen LogP contribution in [0.25, 0.3) is 11.1 Å². The normalized spacial score (nSPS) is 17.1. The highest BCUT2D eigenvalue weighted by Crippen LogP contribution is 2.42. The third-order valence-electron chi connectivity index (χ3n) is 3.98. The van der Waals surface area contributed by atoms with Gasteiger partial charge in [-0.2, -0.15) is 0 Å². The van der Waals surface area contributed by atoms with Gasteiger partial charge in [-0.25, -0.2) is 4.79 Å². The van der Waals surface area contributed by atoms with Crippen molar-refractivity contribution < 1.29 is 19.0 Å². The molecule has 0 saturated heterocycles. The first-order chi connectivity index (χ1) is 12.3. The van der Waals surface area contributed by atoms with Gasteiger partial charge in [-0.3, -0.25) is 4.90 Å². The minimum Gasteiger partial charge on any atom is -0.497 e. The van der Waals surface area contributed by atoms with Gasteiger partial charge in [0.15, 0.2) is 0 Å². The molecule has 2 heterocycles. The van der Waals surface area contributed by atoms with Gasteiger partial charge in [-0.05, 0) is 45.4 Å². The fourth-order valence-corrected chi connectivity index (χ4v) is 3.87. The van der Waals surface area contributed by atoms with Gasteiger partial charge in [-0.1, -0.05) is 12.1 Å². The van der Waals surface area contributed by atoms with E-state index in [0.717, 1.165) is 27.5 Å². The Bertz CT molecular complexity index is 793. The van der Waals surface area contributed by atoms with Crippen molar-refractivity contribution in [3.05, 3.63) is 34.5 Å². The zero-order valence-electron chi connectivity index (χ0n) is 15.9. The highest BCUT2D eigenvalue weighted by Gasteiger charge is 2.30. The van der Waals surface area contributed by atoms with Crippen molar-refractivity contribution in [2.75, 3.05) is 13.7 Å². The van der Waals surface area contributed by atoms with Gasteiger partial charge in [0.05, 0.1) is 25.1 Å². The van der Waals surface area contributed by atoms with Crippen molar-refractivity contribution in [2.45, 2.75) is 45.9 Å². The third-order valence-corrected chi connectivity index (χ3v) is 4.93. The molecule has 0 saturated carbocycles. The number of nitrogens with zero attached hydrogens (tertiary/aromatic N) is 1. The van der Waals surface area contributed by atoms with Crippen LogP contribution in [0.4, 0.5) is 4.79 Å². The van der Waals surface area contributed by atoms with Gasteiger partial charge in [0, 0.05) is 10.9 Å². The molecule has 1 amide bonds. The van der Waals surface area contributed by atoms with E-state index in [-0.39, 0.29) is 12.2 Å². The zero-order chi connectivity index (χ0) is 18.9. The second kappa shape index (κ2) is 7.19. The van der Waals surface area contributed by atoms with E-state index in [0.29, 0.717) is 13.1 Å². The van der Waals surface area contributed by atoms with Crippen molar-refractivity contribution in [3.8, 4) is 22.6 Å². The number of benzene rings is 1. The van der Waals surface area contributed by atoms with Crippen LogP contribution in [0.1, 0.15) is 32.6 Å². The molecule has 1 aliphatic heterocycles. The Morgan fingerprint density at radius 3 is 2.81 bits per heavy atom. The van der Waals surface area contributed by atoms with Crippen LogP contribution in [-0.2, 0) is 11.3 Å². The van der Waals surface area contributed by atoms with E-state index in [4.69, 9.17) is 14.2 Å². The van der Waals surface area contributed by atoms with Gasteiger partial charge >= 0.3 is 6.09 Å². The number of ether oxygens (including phenoxy) is 3. The maximum Gasteiger partial charge on any atom is 0.410 e. The van der Waals surface area contributed by atoms with E-state index in [2.05, 4.69) is 5.38 Å². The van der Waals surface area contributed by atoms with Gasteiger partial charge in [0.2, 0.25) is 0 Å². The summed E-state index contributed by atoms with van der Waals surface area (Å²) in [4.78, 5) is 15.3. The fourth-order valence-electron chi connectivity index (χ4n) is 2.87. The predicted molar refractivity (Wildman–Crippen MR) is 103 cm³/mol. The molecule has 1 unspecified atom stereocenters. The Morgan fingerprint density at radius 1 is 1.35 bits per heavy atom. The number of thiophene rings is 1. The first-order valence-electron chi connectivity index (χ1n) is 8.66. The van der Waals surface area contributed by atoms with Gasteiger partial charge < -0.3 is 14.2 Å². The third kappa shape index (κ3) is 4.12. The molecule has 0 radical (unpaired) electrons. The number of fused-ring (bicyclic) bond motifs is 1. The molecule has 140 valence electrons. The summed E-state index contributed by atoms with van der Waals surface area (Å²) in [5.74, 6) is 1.65. The molecule has 0 fully saturated rings. The highest BCUT2D eigenvalue weighted by molar-refractivity contribution is 7.10. The van der Waals surface area contributed by atoms with E-state index in [1.807, 2.05) is 52.0 Å². The Kier molecular flexibility index (Phi) is 5.14. The van der Waals surface area contributed by atoms with Crippen LogP contribution in [0.2, 0.25) is 0 Å². The van der Waals surface area contributed by atoms with Crippen molar-refractivity contribution in [1.82, 2.24) is 4.90 Å². The lowest BCUT2D eigenvalue weighted by molar-refractivity contribution is 0.0190. The van der Waals surface area contributed by atoms with Crippen LogP contribution >= 0.6 is 11.3 Å². The number of hydrogen-bond acceptors (Lipinski definition) is 5. The Balaban J connectivity index is 1.90. The fraction of sp³-hybridized carbons (Fsp3) is 0.450. The summed E-state index contributed by atoms with van der Waals surface area (Å²) in [6, 6.07) is 7.91. The number of carbonyl (C=O) groups is 1. The molecule has 1 aliphatic rings. The lowest BCUT2D eigenvalue weighted by Crippen LogP contribution is -2.39. The summed E-state index contributed by atoms with van der Waals surface area (Å²) in [6.07, 6.45) is -0.431. The van der Waals surface area contributed by atoms with Crippen molar-refractivity contribution in [3.63, 3.8) is 0 Å². The molecule has 0 spiro atoms. The van der Waals surface area contributed by atoms with E-state index in [9.17, 15) is 4.79 Å². The van der Waals surface area contributed by atoms with Crippen LogP contribution in [0.15, 0.2) is 29.6 Å². The Labute approximate surface area is 158 Å². The largest absolute Gasteiger partial charge is 0.497 e. The van der Waals surface area contributed by atoms with Crippen molar-refractivity contribution in [1.29, 1.82) is 0 Å². The second-order valence-corrected chi connectivity index (χ2v) is 8.39. The summed E-state index contributed by atoms with van der Waals surface area (Å²) in [5.41, 5.74) is 1.55. The molecule has 26 heavy (non-hydrogen) atoms. The molecule has 1 aromatic carbocycles. The topological polar surface area (TPSA) is 48.0 Å². The molecule has 2 aromatic rings. The van der Waals surface area contributed by atoms with Crippen LogP contribution < -0.4 is 9.47 Å². The molecule has 6 heteroatoms. The van der Waals surface area contributed by atoms with Gasteiger partial charge in [-0.15, -0.1) is 11.3 Å². The SMILES string of the molecule is COc1cccc(-c2csc3c2OC(C)CN(C(=O)OC(C)(C)C)C3)c1. The number of amides is 1. The minimum atomic E-state index is -0.516. The minimum absolute atomic E-state index is 0.122. The molecule has 1 aromatic heterocycles. The maximum absolute atomic E-state index is 12.5. The molecular formula is C20H25NO4S. The summed E-state index contributed by atoms with van der Waals surface area (Å²) in [7, 11) is 1.66. The van der Waals surface area contributed by atoms with Gasteiger partial charge in [0.25, 0.3) is 0 Å². The molecule has 0 N–H and O–H groups in total. The van der Waals surface area contributed by atoms with E-state index in [1.165, 1.54) is 0 Å². The van der Waals surface area contributed by atoms with Crippen LogP contribution in [-0.4, -0.2) is 36.4 Å². The maximum atomic E-state index is 12.5. The Hall–Kier alpha value is -2.21. The highest BCUT2D eigenvalue weighted by atomic mass is 32.1. The average molecular weight is 375 g/mol. The number of rotatable bonds is 2. The number of hydrogen-bond donors (Lipinski definition) is 0. The monoisotopic (exact) mass is 375 g/mol.